The van der Waals surface area contributed by atoms with Crippen LogP contribution in [0.5, 0.6) is 5.75 Å². The van der Waals surface area contributed by atoms with Crippen molar-refractivity contribution in [1.82, 2.24) is 4.57 Å². The van der Waals surface area contributed by atoms with Crippen LogP contribution in [0.1, 0.15) is 39.7 Å². The number of carbonyl (C=O) groups is 2. The minimum atomic E-state index is -3.05. The molecule has 4 rings (SSSR count). The van der Waals surface area contributed by atoms with Gasteiger partial charge >= 0.3 is 13.6 Å². The van der Waals surface area contributed by atoms with Crippen LogP contribution in [0.2, 0.25) is 5.02 Å². The monoisotopic (exact) mass is 583 g/mol. The minimum Gasteiger partial charge on any atom is -0.426 e. The standard InChI is InChI=1S/C30H31ClNO7P/c1-4-37-40(3,36)38-16-15-21-5-12-25(13-6-21)39-29(34)18-26-20(2)32(28-14-7-22(19-33)17-27(26)28)30(35)23-8-10-24(31)11-9-23/h5-14,17,33H,4,15-16,18-19H2,1-3H3. The summed E-state index contributed by atoms with van der Waals surface area (Å²) in [7, 11) is -3.05. The average molecular weight is 584 g/mol. The molecule has 0 fully saturated rings. The van der Waals surface area contributed by atoms with E-state index >= 15 is 0 Å². The van der Waals surface area contributed by atoms with E-state index in [9.17, 15) is 19.3 Å². The van der Waals surface area contributed by atoms with Gasteiger partial charge in [0.2, 0.25) is 0 Å². The van der Waals surface area contributed by atoms with Crippen molar-refractivity contribution in [3.63, 3.8) is 0 Å². The first-order chi connectivity index (χ1) is 19.1. The SMILES string of the molecule is CCOP(C)(=O)OCCc1ccc(OC(=O)Cc2c(C)n(C(=O)c3ccc(Cl)cc3)c3ccc(CO)cc23)cc1. The summed E-state index contributed by atoms with van der Waals surface area (Å²) in [5.74, 6) is -0.370. The van der Waals surface area contributed by atoms with Gasteiger partial charge in [0.15, 0.2) is 0 Å². The summed E-state index contributed by atoms with van der Waals surface area (Å²) in [6.45, 7) is 5.36. The number of carbonyl (C=O) groups excluding carboxylic acids is 2. The molecule has 1 N–H and O–H groups in total. The lowest BCUT2D eigenvalue weighted by atomic mass is 10.1. The summed E-state index contributed by atoms with van der Waals surface area (Å²) in [4.78, 5) is 26.5. The van der Waals surface area contributed by atoms with E-state index < -0.39 is 13.6 Å². The zero-order chi connectivity index (χ0) is 28.9. The molecule has 0 amide bonds. The van der Waals surface area contributed by atoms with E-state index in [0.717, 1.165) is 5.56 Å². The lowest BCUT2D eigenvalue weighted by Gasteiger charge is -2.13. The molecule has 210 valence electrons. The number of halogens is 1. The summed E-state index contributed by atoms with van der Waals surface area (Å²) in [6.07, 6.45) is 0.448. The molecule has 0 aliphatic carbocycles. The highest BCUT2D eigenvalue weighted by molar-refractivity contribution is 7.52. The Morgan fingerprint density at radius 3 is 2.30 bits per heavy atom. The smallest absolute Gasteiger partial charge is 0.327 e. The molecular formula is C30H31ClNO7P. The lowest BCUT2D eigenvalue weighted by Crippen LogP contribution is -2.15. The van der Waals surface area contributed by atoms with Gasteiger partial charge in [0.1, 0.15) is 5.75 Å². The maximum Gasteiger partial charge on any atom is 0.327 e. The predicted octanol–water partition coefficient (Wildman–Crippen LogP) is 6.35. The highest BCUT2D eigenvalue weighted by Crippen LogP contribution is 2.43. The summed E-state index contributed by atoms with van der Waals surface area (Å²) < 4.78 is 29.7. The van der Waals surface area contributed by atoms with Crippen LogP contribution in [0, 0.1) is 6.92 Å². The van der Waals surface area contributed by atoms with Crippen molar-refractivity contribution in [1.29, 1.82) is 0 Å². The molecule has 1 atom stereocenters. The highest BCUT2D eigenvalue weighted by Gasteiger charge is 2.23. The van der Waals surface area contributed by atoms with E-state index in [2.05, 4.69) is 0 Å². The maximum atomic E-state index is 13.5. The Labute approximate surface area is 238 Å². The molecule has 4 aromatic rings. The van der Waals surface area contributed by atoms with Gasteiger partial charge in [-0.25, -0.2) is 0 Å². The van der Waals surface area contributed by atoms with Crippen LogP contribution in [0.4, 0.5) is 0 Å². The third-order valence-corrected chi connectivity index (χ3v) is 8.06. The molecule has 0 saturated heterocycles. The number of hydrogen-bond donors (Lipinski definition) is 1. The van der Waals surface area contributed by atoms with Gasteiger partial charge in [0, 0.05) is 28.3 Å². The summed E-state index contributed by atoms with van der Waals surface area (Å²) >= 11 is 5.99. The van der Waals surface area contributed by atoms with Crippen LogP contribution >= 0.6 is 19.2 Å². The van der Waals surface area contributed by atoms with Crippen LogP contribution in [0.3, 0.4) is 0 Å². The van der Waals surface area contributed by atoms with Gasteiger partial charge in [-0.1, -0.05) is 29.8 Å². The topological polar surface area (TPSA) is 104 Å². The Morgan fingerprint density at radius 1 is 0.975 bits per heavy atom. The number of esters is 1. The average Bonchev–Trinajstić information content (AvgIpc) is 3.19. The fraction of sp³-hybridized carbons (Fsp3) is 0.267. The normalized spacial score (nSPS) is 12.8. The van der Waals surface area contributed by atoms with Crippen molar-refractivity contribution in [3.05, 3.63) is 99.7 Å². The lowest BCUT2D eigenvalue weighted by molar-refractivity contribution is -0.133. The molecule has 1 aromatic heterocycles. The first kappa shape index (κ1) is 29.7. The minimum absolute atomic E-state index is 0.0725. The number of ether oxygens (including phenoxy) is 1. The summed E-state index contributed by atoms with van der Waals surface area (Å²) in [5.41, 5.74) is 3.92. The van der Waals surface area contributed by atoms with Crippen LogP contribution in [-0.2, 0) is 37.9 Å². The second kappa shape index (κ2) is 12.9. The van der Waals surface area contributed by atoms with Gasteiger partial charge in [-0.2, -0.15) is 0 Å². The Kier molecular flexibility index (Phi) is 9.61. The van der Waals surface area contributed by atoms with Crippen molar-refractivity contribution in [2.24, 2.45) is 0 Å². The van der Waals surface area contributed by atoms with E-state index in [1.54, 1.807) is 73.0 Å². The fourth-order valence-corrected chi connectivity index (χ4v) is 5.56. The molecule has 1 unspecified atom stereocenters. The van der Waals surface area contributed by atoms with E-state index in [1.807, 2.05) is 12.1 Å². The number of aliphatic hydroxyl groups is 1. The van der Waals surface area contributed by atoms with E-state index in [4.69, 9.17) is 25.4 Å². The second-order valence-corrected chi connectivity index (χ2v) is 11.8. The van der Waals surface area contributed by atoms with E-state index in [-0.39, 0.29) is 25.5 Å². The maximum absolute atomic E-state index is 13.5. The van der Waals surface area contributed by atoms with Crippen molar-refractivity contribution in [3.8, 4) is 5.75 Å². The molecule has 8 nitrogen and oxygen atoms in total. The van der Waals surface area contributed by atoms with Gasteiger partial charge in [-0.15, -0.1) is 0 Å². The second-order valence-electron chi connectivity index (χ2n) is 9.29. The molecule has 0 aliphatic heterocycles. The Hall–Kier alpha value is -3.26. The Morgan fingerprint density at radius 2 is 1.65 bits per heavy atom. The largest absolute Gasteiger partial charge is 0.426 e. The number of aromatic nitrogens is 1. The van der Waals surface area contributed by atoms with E-state index in [0.29, 0.717) is 57.1 Å². The number of nitrogens with zero attached hydrogens (tertiary/aromatic N) is 1. The first-order valence-electron chi connectivity index (χ1n) is 12.8. The number of rotatable bonds is 11. The number of aliphatic hydroxyl groups excluding tert-OH is 1. The molecule has 40 heavy (non-hydrogen) atoms. The van der Waals surface area contributed by atoms with Crippen LogP contribution < -0.4 is 4.74 Å². The zero-order valence-electron chi connectivity index (χ0n) is 22.6. The first-order valence-corrected chi connectivity index (χ1v) is 15.2. The fourth-order valence-electron chi connectivity index (χ4n) is 4.47. The van der Waals surface area contributed by atoms with Gasteiger partial charge in [-0.05, 0) is 85.5 Å². The van der Waals surface area contributed by atoms with Gasteiger partial charge in [0.05, 0.1) is 31.8 Å². The molecule has 0 bridgehead atoms. The number of hydrogen-bond acceptors (Lipinski definition) is 7. The molecule has 1 heterocycles. The van der Waals surface area contributed by atoms with Crippen molar-refractivity contribution < 1.29 is 33.0 Å². The van der Waals surface area contributed by atoms with Crippen LogP contribution in [-0.4, -0.2) is 41.4 Å². The van der Waals surface area contributed by atoms with E-state index in [1.165, 1.54) is 6.66 Å². The Bertz CT molecular complexity index is 1560. The predicted molar refractivity (Wildman–Crippen MR) is 154 cm³/mol. The zero-order valence-corrected chi connectivity index (χ0v) is 24.2. The van der Waals surface area contributed by atoms with Crippen LogP contribution in [0.15, 0.2) is 66.7 Å². The van der Waals surface area contributed by atoms with Gasteiger partial charge < -0.3 is 18.9 Å². The molecule has 0 spiro atoms. The summed E-state index contributed by atoms with van der Waals surface area (Å²) in [6, 6.07) is 18.9. The molecule has 0 radical (unpaired) electrons. The van der Waals surface area contributed by atoms with Crippen molar-refractivity contribution in [2.75, 3.05) is 19.9 Å². The van der Waals surface area contributed by atoms with Gasteiger partial charge in [0.25, 0.3) is 5.91 Å². The van der Waals surface area contributed by atoms with Crippen LogP contribution in [0.25, 0.3) is 10.9 Å². The number of benzene rings is 3. The Balaban J connectivity index is 1.51. The molecular weight excluding hydrogens is 553 g/mol. The molecule has 10 heteroatoms. The molecule has 0 aliphatic rings. The summed E-state index contributed by atoms with van der Waals surface area (Å²) in [5, 5.41) is 10.9. The quantitative estimate of drug-likeness (QED) is 0.125. The molecule has 0 saturated carbocycles. The van der Waals surface area contributed by atoms with Gasteiger partial charge in [-0.3, -0.25) is 18.7 Å². The highest BCUT2D eigenvalue weighted by atomic mass is 35.5. The third kappa shape index (κ3) is 7.08. The van der Waals surface area contributed by atoms with Crippen molar-refractivity contribution in [2.45, 2.75) is 33.3 Å². The molecule has 3 aromatic carbocycles. The third-order valence-electron chi connectivity index (χ3n) is 6.43. The number of fused-ring (bicyclic) bond motifs is 1. The van der Waals surface area contributed by atoms with Crippen molar-refractivity contribution >= 4 is 42.0 Å².